The van der Waals surface area contributed by atoms with E-state index in [1.807, 2.05) is 72.8 Å². The predicted octanol–water partition coefficient (Wildman–Crippen LogP) is 3.00. The highest BCUT2D eigenvalue weighted by atomic mass is 32.1. The Morgan fingerprint density at radius 3 is 2.34 bits per heavy atom. The molecule has 0 spiro atoms. The summed E-state index contributed by atoms with van der Waals surface area (Å²) in [5, 5.41) is 15.4. The van der Waals surface area contributed by atoms with Crippen LogP contribution in [0.4, 0.5) is 5.69 Å². The summed E-state index contributed by atoms with van der Waals surface area (Å²) in [7, 11) is 0. The lowest BCUT2D eigenvalue weighted by molar-refractivity contribution is -0.142. The predicted molar refractivity (Wildman–Crippen MR) is 140 cm³/mol. The normalized spacial score (nSPS) is 13.3. The van der Waals surface area contributed by atoms with Crippen LogP contribution in [0.2, 0.25) is 0 Å². The zero-order valence-corrected chi connectivity index (χ0v) is 20.3. The lowest BCUT2D eigenvalue weighted by Crippen LogP contribution is -2.47. The van der Waals surface area contributed by atoms with Crippen molar-refractivity contribution in [3.8, 4) is 17.1 Å². The number of carboxylic acid groups (broad SMARTS) is 1. The summed E-state index contributed by atoms with van der Waals surface area (Å²) in [6, 6.07) is 21.1. The molecule has 2 aromatic carbocycles. The second-order valence-corrected chi connectivity index (χ2v) is 8.45. The maximum Gasteiger partial charge on any atom is 0.326 e. The van der Waals surface area contributed by atoms with Gasteiger partial charge in [0.1, 0.15) is 6.04 Å². The third-order valence-electron chi connectivity index (χ3n) is 5.27. The third kappa shape index (κ3) is 7.73. The number of ether oxygens (including phenoxy) is 1. The highest BCUT2D eigenvalue weighted by Crippen LogP contribution is 2.28. The number of amides is 1. The molecule has 1 amide bonds. The van der Waals surface area contributed by atoms with Crippen molar-refractivity contribution in [2.24, 2.45) is 5.73 Å². The Bertz CT molecular complexity index is 1110. The van der Waals surface area contributed by atoms with Crippen LogP contribution in [0.5, 0.6) is 5.88 Å². The number of rotatable bonds is 12. The Hall–Kier alpha value is -3.56. The number of anilines is 1. The molecule has 3 rings (SSSR count). The number of carbonyl (C=O) groups excluding carboxylic acids is 1. The smallest absolute Gasteiger partial charge is 0.326 e. The van der Waals surface area contributed by atoms with Gasteiger partial charge in [0.05, 0.1) is 11.4 Å². The Morgan fingerprint density at radius 2 is 1.71 bits per heavy atom. The molecule has 5 N–H and O–H groups in total. The highest BCUT2D eigenvalue weighted by Gasteiger charge is 2.25. The van der Waals surface area contributed by atoms with Crippen molar-refractivity contribution in [2.45, 2.75) is 31.5 Å². The van der Waals surface area contributed by atoms with E-state index in [1.54, 1.807) is 6.92 Å². The van der Waals surface area contributed by atoms with E-state index in [0.717, 1.165) is 11.1 Å². The average molecular weight is 495 g/mol. The van der Waals surface area contributed by atoms with E-state index in [4.69, 9.17) is 10.5 Å². The number of carbonyl (C=O) groups is 2. The van der Waals surface area contributed by atoms with Crippen LogP contribution >= 0.6 is 12.6 Å². The van der Waals surface area contributed by atoms with Gasteiger partial charge >= 0.3 is 5.97 Å². The molecule has 0 aliphatic heterocycles. The summed E-state index contributed by atoms with van der Waals surface area (Å²) in [5.74, 6) is -0.967. The van der Waals surface area contributed by atoms with E-state index in [9.17, 15) is 14.7 Å². The van der Waals surface area contributed by atoms with Gasteiger partial charge in [-0.2, -0.15) is 12.6 Å². The number of carboxylic acids is 1. The Morgan fingerprint density at radius 1 is 1.06 bits per heavy atom. The van der Waals surface area contributed by atoms with Crippen molar-refractivity contribution in [1.29, 1.82) is 0 Å². The minimum atomic E-state index is -1.12. The minimum absolute atomic E-state index is 0.158. The van der Waals surface area contributed by atoms with Crippen LogP contribution in [0.1, 0.15) is 12.5 Å². The summed E-state index contributed by atoms with van der Waals surface area (Å²) < 4.78 is 5.93. The van der Waals surface area contributed by atoms with E-state index >= 15 is 0 Å². The summed E-state index contributed by atoms with van der Waals surface area (Å²) in [6.45, 7) is 1.99. The molecule has 0 bridgehead atoms. The van der Waals surface area contributed by atoms with Crippen molar-refractivity contribution in [3.63, 3.8) is 0 Å². The first kappa shape index (κ1) is 26.1. The van der Waals surface area contributed by atoms with Crippen LogP contribution in [0.15, 0.2) is 72.8 Å². The fourth-order valence-electron chi connectivity index (χ4n) is 3.30. The number of nitrogens with two attached hydrogens (primary N) is 1. The molecule has 0 saturated heterocycles. The molecule has 1 aromatic heterocycles. The number of thiol groups is 1. The molecule has 184 valence electrons. The first-order valence-electron chi connectivity index (χ1n) is 11.3. The van der Waals surface area contributed by atoms with Crippen LogP contribution in [0.3, 0.4) is 0 Å². The van der Waals surface area contributed by atoms with Crippen LogP contribution < -0.4 is 21.1 Å². The zero-order chi connectivity index (χ0) is 25.2. The molecular formula is C26H30N4O4S. The first-order valence-corrected chi connectivity index (χ1v) is 11.9. The number of pyridine rings is 1. The quantitative estimate of drug-likeness (QED) is 0.245. The van der Waals surface area contributed by atoms with Crippen LogP contribution in [0, 0.1) is 0 Å². The van der Waals surface area contributed by atoms with Crippen molar-refractivity contribution in [1.82, 2.24) is 10.3 Å². The summed E-state index contributed by atoms with van der Waals surface area (Å²) in [6.07, 6.45) is -0.838. The molecule has 3 aromatic rings. The third-order valence-corrected chi connectivity index (χ3v) is 5.74. The standard InChI is InChI=1S/C26H30N4O4S/c1-17(24(31)29-23(26(32)33)14-18-8-4-2-5-9-18)34-25-22(28-15-20(27)16-35)13-12-21(30-25)19-10-6-3-7-11-19/h2-13,17,20,23,28,35H,14-16,27H2,1H3,(H,29,31)(H,32,33)/t17?,20?,23-/m0/s1. The van der Waals surface area contributed by atoms with Crippen molar-refractivity contribution in [2.75, 3.05) is 17.6 Å². The van der Waals surface area contributed by atoms with Gasteiger partial charge in [-0.15, -0.1) is 0 Å². The second kappa shape index (κ2) is 12.8. The fourth-order valence-corrected chi connectivity index (χ4v) is 3.43. The Balaban J connectivity index is 1.77. The lowest BCUT2D eigenvalue weighted by Gasteiger charge is -2.21. The average Bonchev–Trinajstić information content (AvgIpc) is 2.88. The molecule has 8 nitrogen and oxygen atoms in total. The number of hydrogen-bond acceptors (Lipinski definition) is 7. The van der Waals surface area contributed by atoms with Gasteiger partial charge in [0.25, 0.3) is 5.91 Å². The number of nitrogens with one attached hydrogen (secondary N) is 2. The van der Waals surface area contributed by atoms with E-state index in [0.29, 0.717) is 23.7 Å². The zero-order valence-electron chi connectivity index (χ0n) is 19.4. The van der Waals surface area contributed by atoms with Crippen molar-refractivity contribution in [3.05, 3.63) is 78.4 Å². The number of aromatic nitrogens is 1. The van der Waals surface area contributed by atoms with Gasteiger partial charge in [-0.1, -0.05) is 60.7 Å². The molecule has 0 fully saturated rings. The summed E-state index contributed by atoms with van der Waals surface area (Å²) in [5.41, 5.74) is 8.90. The number of nitrogens with zero attached hydrogens (tertiary/aromatic N) is 1. The molecule has 3 atom stereocenters. The molecule has 0 saturated carbocycles. The van der Waals surface area contributed by atoms with Gasteiger partial charge in [0.15, 0.2) is 6.10 Å². The van der Waals surface area contributed by atoms with Gasteiger partial charge in [0, 0.05) is 30.3 Å². The molecule has 0 aliphatic carbocycles. The lowest BCUT2D eigenvalue weighted by atomic mass is 10.1. The molecule has 0 aliphatic rings. The maximum absolute atomic E-state index is 12.9. The van der Waals surface area contributed by atoms with E-state index in [-0.39, 0.29) is 18.3 Å². The highest BCUT2D eigenvalue weighted by molar-refractivity contribution is 7.80. The van der Waals surface area contributed by atoms with Gasteiger partial charge in [-0.05, 0) is 24.6 Å². The number of hydrogen-bond donors (Lipinski definition) is 5. The number of benzene rings is 2. The van der Waals surface area contributed by atoms with E-state index < -0.39 is 24.0 Å². The van der Waals surface area contributed by atoms with E-state index in [2.05, 4.69) is 28.2 Å². The SMILES string of the molecule is CC(Oc1nc(-c2ccccc2)ccc1NCC(N)CS)C(=O)N[C@@H](Cc1ccccc1)C(=O)O. The maximum atomic E-state index is 12.9. The molecule has 2 unspecified atom stereocenters. The summed E-state index contributed by atoms with van der Waals surface area (Å²) >= 11 is 4.21. The molecular weight excluding hydrogens is 464 g/mol. The first-order chi connectivity index (χ1) is 16.9. The fraction of sp³-hybridized carbons (Fsp3) is 0.269. The van der Waals surface area contributed by atoms with Crippen LogP contribution in [-0.4, -0.2) is 52.5 Å². The van der Waals surface area contributed by atoms with Crippen molar-refractivity contribution >= 4 is 30.2 Å². The second-order valence-electron chi connectivity index (χ2n) is 8.09. The van der Waals surface area contributed by atoms with Gasteiger partial charge in [0.2, 0.25) is 5.88 Å². The van der Waals surface area contributed by atoms with Gasteiger partial charge in [-0.25, -0.2) is 9.78 Å². The van der Waals surface area contributed by atoms with Crippen molar-refractivity contribution < 1.29 is 19.4 Å². The Labute approximate surface area is 210 Å². The topological polar surface area (TPSA) is 127 Å². The minimum Gasteiger partial charge on any atom is -0.480 e. The van der Waals surface area contributed by atoms with Crippen LogP contribution in [-0.2, 0) is 16.0 Å². The summed E-state index contributed by atoms with van der Waals surface area (Å²) in [4.78, 5) is 29.2. The Kier molecular flexibility index (Phi) is 9.51. The largest absolute Gasteiger partial charge is 0.480 e. The molecule has 0 radical (unpaired) electrons. The monoisotopic (exact) mass is 494 g/mol. The van der Waals surface area contributed by atoms with Gasteiger partial charge in [-0.3, -0.25) is 4.79 Å². The van der Waals surface area contributed by atoms with Gasteiger partial charge < -0.3 is 26.2 Å². The van der Waals surface area contributed by atoms with Crippen LogP contribution in [0.25, 0.3) is 11.3 Å². The molecule has 1 heterocycles. The molecule has 9 heteroatoms. The van der Waals surface area contributed by atoms with E-state index in [1.165, 1.54) is 0 Å². The number of aliphatic carboxylic acids is 1. The molecule has 35 heavy (non-hydrogen) atoms.